The van der Waals surface area contributed by atoms with Gasteiger partial charge in [0.1, 0.15) is 0 Å². The van der Waals surface area contributed by atoms with Crippen LogP contribution in [0.3, 0.4) is 0 Å². The molecule has 2 aliphatic rings. The zero-order valence-electron chi connectivity index (χ0n) is 15.3. The number of aromatic nitrogens is 1. The number of hydrogen-bond donors (Lipinski definition) is 1. The second kappa shape index (κ2) is 7.42. The van der Waals surface area contributed by atoms with Crippen molar-refractivity contribution in [2.75, 3.05) is 19.7 Å². The lowest BCUT2D eigenvalue weighted by Gasteiger charge is -2.44. The molecule has 8 nitrogen and oxygen atoms in total. The quantitative estimate of drug-likeness (QED) is 0.780. The van der Waals surface area contributed by atoms with E-state index in [0.717, 1.165) is 5.56 Å². The van der Waals surface area contributed by atoms with Gasteiger partial charge in [-0.15, -0.1) is 0 Å². The van der Waals surface area contributed by atoms with E-state index in [4.69, 9.17) is 10.5 Å². The zero-order chi connectivity index (χ0) is 20.3. The van der Waals surface area contributed by atoms with Gasteiger partial charge in [-0.1, -0.05) is 6.08 Å². The maximum atomic E-state index is 12.3. The number of nitrogens with two attached hydrogens (primary N) is 1. The smallest absolute Gasteiger partial charge is 0.410 e. The van der Waals surface area contributed by atoms with Gasteiger partial charge in [0.2, 0.25) is 5.41 Å². The first kappa shape index (κ1) is 18.9. The van der Waals surface area contributed by atoms with Gasteiger partial charge in [-0.05, 0) is 30.2 Å². The van der Waals surface area contributed by atoms with Gasteiger partial charge in [0, 0.05) is 37.3 Å². The summed E-state index contributed by atoms with van der Waals surface area (Å²) >= 11 is 0. The number of fused-ring (bicyclic) bond motifs is 1. The normalized spacial score (nSPS) is 22.8. The number of pyridine rings is 1. The van der Waals surface area contributed by atoms with Gasteiger partial charge in [-0.25, -0.2) is 4.79 Å². The van der Waals surface area contributed by atoms with Crippen LogP contribution in [0, 0.1) is 45.3 Å². The Morgan fingerprint density at radius 1 is 1.36 bits per heavy atom. The number of carbonyl (C=O) groups is 1. The summed E-state index contributed by atoms with van der Waals surface area (Å²) in [7, 11) is 0. The summed E-state index contributed by atoms with van der Waals surface area (Å²) in [6.45, 7) is 2.37. The molecule has 0 saturated heterocycles. The van der Waals surface area contributed by atoms with Crippen LogP contribution < -0.4 is 5.73 Å². The average Bonchev–Trinajstić information content (AvgIpc) is 2.74. The van der Waals surface area contributed by atoms with E-state index in [9.17, 15) is 20.6 Å². The van der Waals surface area contributed by atoms with E-state index in [1.54, 1.807) is 37.5 Å². The molecule has 0 aromatic carbocycles. The van der Waals surface area contributed by atoms with Gasteiger partial charge in [0.25, 0.3) is 0 Å². The minimum atomic E-state index is -1.72. The SMILES string of the molecule is CCOC(=O)N1CC=C2[C@H](C1)[C@@H](c1ccncc1)C(C#N)=C(N)C2(C#N)C#N. The Morgan fingerprint density at radius 2 is 2.04 bits per heavy atom. The molecule has 140 valence electrons. The molecular formula is C20H18N6O2. The Bertz CT molecular complexity index is 963. The Kier molecular flexibility index (Phi) is 5.02. The number of allylic oxidation sites excluding steroid dienone is 2. The van der Waals surface area contributed by atoms with Crippen LogP contribution in [0.15, 0.2) is 47.4 Å². The third-order valence-electron chi connectivity index (χ3n) is 5.24. The summed E-state index contributed by atoms with van der Waals surface area (Å²) in [6.07, 6.45) is 4.41. The molecule has 2 N–H and O–H groups in total. The molecule has 2 atom stereocenters. The maximum Gasteiger partial charge on any atom is 0.410 e. The summed E-state index contributed by atoms with van der Waals surface area (Å²) in [4.78, 5) is 17.8. The summed E-state index contributed by atoms with van der Waals surface area (Å²) < 4.78 is 5.10. The van der Waals surface area contributed by atoms with Gasteiger partial charge >= 0.3 is 6.09 Å². The number of amides is 1. The minimum absolute atomic E-state index is 0.0473. The molecule has 8 heteroatoms. The largest absolute Gasteiger partial charge is 0.450 e. The number of ether oxygens (including phenoxy) is 1. The molecule has 0 fully saturated rings. The van der Waals surface area contributed by atoms with Gasteiger partial charge in [-0.3, -0.25) is 4.98 Å². The summed E-state index contributed by atoms with van der Waals surface area (Å²) in [5, 5.41) is 29.5. The molecule has 1 aliphatic carbocycles. The predicted octanol–water partition coefficient (Wildman–Crippen LogP) is 1.96. The molecule has 1 amide bonds. The van der Waals surface area contributed by atoms with E-state index in [1.807, 2.05) is 12.1 Å². The summed E-state index contributed by atoms with van der Waals surface area (Å²) in [5.74, 6) is -0.951. The number of nitrogens with zero attached hydrogens (tertiary/aromatic N) is 5. The molecule has 28 heavy (non-hydrogen) atoms. The van der Waals surface area contributed by atoms with Crippen molar-refractivity contribution < 1.29 is 9.53 Å². The first-order valence-electron chi connectivity index (χ1n) is 8.78. The first-order chi connectivity index (χ1) is 13.5. The molecule has 0 bridgehead atoms. The molecule has 0 saturated carbocycles. The number of nitriles is 3. The number of hydrogen-bond acceptors (Lipinski definition) is 7. The molecule has 3 rings (SSSR count). The number of rotatable bonds is 2. The topological polar surface area (TPSA) is 140 Å². The molecule has 1 aliphatic heterocycles. The first-order valence-corrected chi connectivity index (χ1v) is 8.78. The van der Waals surface area contributed by atoms with E-state index in [1.165, 1.54) is 4.90 Å². The van der Waals surface area contributed by atoms with Crippen LogP contribution in [0.25, 0.3) is 0 Å². The Labute approximate surface area is 162 Å². The Morgan fingerprint density at radius 3 is 2.61 bits per heavy atom. The fraction of sp³-hybridized carbons (Fsp3) is 0.350. The molecule has 0 radical (unpaired) electrons. The van der Waals surface area contributed by atoms with Gasteiger partial charge in [-0.2, -0.15) is 15.8 Å². The molecular weight excluding hydrogens is 356 g/mol. The van der Waals surface area contributed by atoms with Gasteiger partial charge in [0.05, 0.1) is 36.1 Å². The van der Waals surface area contributed by atoms with Gasteiger partial charge < -0.3 is 15.4 Å². The lowest BCUT2D eigenvalue weighted by atomic mass is 9.60. The van der Waals surface area contributed by atoms with Crippen molar-refractivity contribution in [3.63, 3.8) is 0 Å². The van der Waals surface area contributed by atoms with E-state index in [0.29, 0.717) is 5.57 Å². The second-order valence-corrected chi connectivity index (χ2v) is 6.54. The second-order valence-electron chi connectivity index (χ2n) is 6.54. The third kappa shape index (κ3) is 2.74. The van der Waals surface area contributed by atoms with Gasteiger partial charge in [0.15, 0.2) is 0 Å². The molecule has 1 aromatic rings. The highest BCUT2D eigenvalue weighted by molar-refractivity contribution is 5.69. The minimum Gasteiger partial charge on any atom is -0.450 e. The van der Waals surface area contributed by atoms with E-state index in [2.05, 4.69) is 11.1 Å². The van der Waals surface area contributed by atoms with Crippen molar-refractivity contribution in [1.82, 2.24) is 9.88 Å². The summed E-state index contributed by atoms with van der Waals surface area (Å²) in [6, 6.07) is 9.65. The molecule has 0 unspecified atom stereocenters. The lowest BCUT2D eigenvalue weighted by molar-refractivity contribution is 0.102. The Hall–Kier alpha value is -3.83. The third-order valence-corrected chi connectivity index (χ3v) is 5.24. The Balaban J connectivity index is 2.21. The van der Waals surface area contributed by atoms with Crippen molar-refractivity contribution in [1.29, 1.82) is 15.8 Å². The fourth-order valence-electron chi connectivity index (χ4n) is 3.95. The van der Waals surface area contributed by atoms with Crippen LogP contribution in [-0.4, -0.2) is 35.7 Å². The van der Waals surface area contributed by atoms with Crippen LogP contribution in [-0.2, 0) is 4.74 Å². The average molecular weight is 374 g/mol. The standard InChI is InChI=1S/C20H18N6O2/c1-2-28-19(27)26-8-5-16-15(10-26)17(13-3-6-25-7-4-13)14(9-21)18(24)20(16,11-22)12-23/h3-7,15,17H,2,8,10,24H2,1H3/t15-,17-/m0/s1. The molecule has 2 heterocycles. The van der Waals surface area contributed by atoms with Crippen LogP contribution in [0.1, 0.15) is 18.4 Å². The highest BCUT2D eigenvalue weighted by Crippen LogP contribution is 2.52. The van der Waals surface area contributed by atoms with E-state index >= 15 is 0 Å². The highest BCUT2D eigenvalue weighted by atomic mass is 16.6. The van der Waals surface area contributed by atoms with Crippen molar-refractivity contribution in [2.45, 2.75) is 12.8 Å². The summed E-state index contributed by atoms with van der Waals surface area (Å²) in [5.41, 5.74) is 5.92. The zero-order valence-corrected chi connectivity index (χ0v) is 15.3. The van der Waals surface area contributed by atoms with E-state index in [-0.39, 0.29) is 31.0 Å². The molecule has 1 aromatic heterocycles. The van der Waals surface area contributed by atoms with Crippen molar-refractivity contribution in [2.24, 2.45) is 17.1 Å². The fourth-order valence-corrected chi connectivity index (χ4v) is 3.95. The van der Waals surface area contributed by atoms with Crippen molar-refractivity contribution >= 4 is 6.09 Å². The van der Waals surface area contributed by atoms with Crippen LogP contribution in [0.5, 0.6) is 0 Å². The predicted molar refractivity (Wildman–Crippen MR) is 97.6 cm³/mol. The highest BCUT2D eigenvalue weighted by Gasteiger charge is 2.53. The van der Waals surface area contributed by atoms with Crippen LogP contribution in [0.2, 0.25) is 0 Å². The van der Waals surface area contributed by atoms with Crippen molar-refractivity contribution in [3.8, 4) is 18.2 Å². The van der Waals surface area contributed by atoms with Crippen LogP contribution in [0.4, 0.5) is 4.79 Å². The van der Waals surface area contributed by atoms with E-state index < -0.39 is 23.3 Å². The van der Waals surface area contributed by atoms with Crippen LogP contribution >= 0.6 is 0 Å². The maximum absolute atomic E-state index is 12.3. The number of carbonyl (C=O) groups excluding carboxylic acids is 1. The monoisotopic (exact) mass is 374 g/mol. The van der Waals surface area contributed by atoms with Crippen molar-refractivity contribution in [3.05, 3.63) is 53.0 Å². The lowest BCUT2D eigenvalue weighted by Crippen LogP contribution is -2.48. The molecule has 0 spiro atoms.